The maximum atomic E-state index is 6.25. The Hall–Kier alpha value is 0.270. The molecular weight excluding hydrogens is 240 g/mol. The van der Waals surface area contributed by atoms with Crippen molar-refractivity contribution in [1.29, 1.82) is 0 Å². The van der Waals surface area contributed by atoms with E-state index >= 15 is 0 Å². The van der Waals surface area contributed by atoms with E-state index in [1.807, 2.05) is 0 Å². The van der Waals surface area contributed by atoms with Gasteiger partial charge in [0.15, 0.2) is 0 Å². The number of nitrogens with zero attached hydrogens (tertiary/aromatic N) is 1. The highest BCUT2D eigenvalue weighted by molar-refractivity contribution is 7.99. The molecule has 0 radical (unpaired) electrons. The van der Waals surface area contributed by atoms with Crippen LogP contribution >= 0.6 is 11.8 Å². The Morgan fingerprint density at radius 1 is 1.22 bits per heavy atom. The van der Waals surface area contributed by atoms with E-state index in [1.165, 1.54) is 50.2 Å². The van der Waals surface area contributed by atoms with Crippen molar-refractivity contribution in [2.45, 2.75) is 64.5 Å². The standard InChI is InChI=1S/C15H30N2S/c1-4-17(13-7-5-6-8-13)15(10-16)9-14(2,3)11-18-12-15/h13H,4-12,16H2,1-3H3. The molecule has 0 amide bonds. The van der Waals surface area contributed by atoms with E-state index in [9.17, 15) is 0 Å². The summed E-state index contributed by atoms with van der Waals surface area (Å²) in [6.07, 6.45) is 6.88. The molecule has 0 aromatic heterocycles. The normalized spacial score (nSPS) is 33.2. The number of hydrogen-bond donors (Lipinski definition) is 1. The fourth-order valence-corrected chi connectivity index (χ4v) is 5.66. The first-order valence-electron chi connectivity index (χ1n) is 7.58. The van der Waals surface area contributed by atoms with Gasteiger partial charge in [-0.3, -0.25) is 4.90 Å². The van der Waals surface area contributed by atoms with Crippen LogP contribution in [0.25, 0.3) is 0 Å². The Bertz CT molecular complexity index is 274. The van der Waals surface area contributed by atoms with Gasteiger partial charge in [-0.05, 0) is 37.0 Å². The van der Waals surface area contributed by atoms with Crippen LogP contribution in [-0.4, -0.2) is 41.1 Å². The minimum atomic E-state index is 0.260. The van der Waals surface area contributed by atoms with Crippen LogP contribution in [0.15, 0.2) is 0 Å². The Morgan fingerprint density at radius 3 is 2.39 bits per heavy atom. The number of likely N-dealkylation sites (N-methyl/N-ethyl adjacent to an activating group) is 1. The number of nitrogens with two attached hydrogens (primary N) is 1. The van der Waals surface area contributed by atoms with Crippen molar-refractivity contribution in [3.63, 3.8) is 0 Å². The zero-order valence-electron chi connectivity index (χ0n) is 12.4. The van der Waals surface area contributed by atoms with Crippen LogP contribution < -0.4 is 5.73 Å². The van der Waals surface area contributed by atoms with Crippen molar-refractivity contribution in [3.05, 3.63) is 0 Å². The molecule has 2 aliphatic rings. The topological polar surface area (TPSA) is 29.3 Å². The lowest BCUT2D eigenvalue weighted by atomic mass is 9.78. The highest BCUT2D eigenvalue weighted by Crippen LogP contribution is 2.43. The van der Waals surface area contributed by atoms with Gasteiger partial charge in [-0.15, -0.1) is 0 Å². The zero-order valence-corrected chi connectivity index (χ0v) is 13.2. The van der Waals surface area contributed by atoms with Gasteiger partial charge in [0.1, 0.15) is 0 Å². The smallest absolute Gasteiger partial charge is 0.0430 e. The summed E-state index contributed by atoms with van der Waals surface area (Å²) in [5, 5.41) is 0. The average molecular weight is 270 g/mol. The molecule has 0 aromatic carbocycles. The summed E-state index contributed by atoms with van der Waals surface area (Å²) in [6, 6.07) is 0.799. The van der Waals surface area contributed by atoms with Crippen LogP contribution in [0.4, 0.5) is 0 Å². The minimum Gasteiger partial charge on any atom is -0.329 e. The third kappa shape index (κ3) is 2.88. The Labute approximate surface area is 117 Å². The van der Waals surface area contributed by atoms with Gasteiger partial charge in [0.05, 0.1) is 0 Å². The van der Waals surface area contributed by atoms with Gasteiger partial charge in [-0.2, -0.15) is 11.8 Å². The van der Waals surface area contributed by atoms with Gasteiger partial charge in [-0.1, -0.05) is 33.6 Å². The van der Waals surface area contributed by atoms with Crippen molar-refractivity contribution in [2.24, 2.45) is 11.1 Å². The highest BCUT2D eigenvalue weighted by atomic mass is 32.2. The summed E-state index contributed by atoms with van der Waals surface area (Å²) in [4.78, 5) is 2.77. The molecule has 0 spiro atoms. The van der Waals surface area contributed by atoms with Gasteiger partial charge in [0, 0.05) is 23.9 Å². The number of thioether (sulfide) groups is 1. The molecule has 0 aromatic rings. The van der Waals surface area contributed by atoms with Gasteiger partial charge < -0.3 is 5.73 Å². The Kier molecular flexibility index (Phi) is 4.66. The molecule has 1 aliphatic heterocycles. The predicted molar refractivity (Wildman–Crippen MR) is 82.1 cm³/mol. The lowest BCUT2D eigenvalue weighted by molar-refractivity contribution is 0.0364. The van der Waals surface area contributed by atoms with Crippen molar-refractivity contribution < 1.29 is 0 Å². The summed E-state index contributed by atoms with van der Waals surface area (Å²) in [7, 11) is 0. The van der Waals surface area contributed by atoms with Crippen molar-refractivity contribution in [2.75, 3.05) is 24.6 Å². The zero-order chi connectivity index (χ0) is 13.2. The van der Waals surface area contributed by atoms with Gasteiger partial charge in [-0.25, -0.2) is 0 Å². The first-order chi connectivity index (χ1) is 8.53. The molecule has 1 unspecified atom stereocenters. The number of rotatable bonds is 4. The molecule has 3 heteroatoms. The first-order valence-corrected chi connectivity index (χ1v) is 8.73. The van der Waals surface area contributed by atoms with Crippen LogP contribution in [0.1, 0.15) is 52.9 Å². The molecule has 2 nitrogen and oxygen atoms in total. The second kappa shape index (κ2) is 5.72. The van der Waals surface area contributed by atoms with E-state index in [4.69, 9.17) is 5.73 Å². The maximum absolute atomic E-state index is 6.25. The van der Waals surface area contributed by atoms with E-state index in [-0.39, 0.29) is 5.54 Å². The van der Waals surface area contributed by atoms with E-state index in [2.05, 4.69) is 37.4 Å². The molecule has 18 heavy (non-hydrogen) atoms. The van der Waals surface area contributed by atoms with Crippen LogP contribution in [0, 0.1) is 5.41 Å². The monoisotopic (exact) mass is 270 g/mol. The molecule has 2 fully saturated rings. The summed E-state index contributed by atoms with van der Waals surface area (Å²) in [6.45, 7) is 9.13. The molecule has 2 rings (SSSR count). The molecule has 1 saturated carbocycles. The van der Waals surface area contributed by atoms with E-state index in [0.717, 1.165) is 12.6 Å². The SMILES string of the molecule is CCN(C1CCCC1)C1(CN)CSCC(C)(C)C1. The van der Waals surface area contributed by atoms with E-state index in [1.54, 1.807) is 0 Å². The Morgan fingerprint density at radius 2 is 1.89 bits per heavy atom. The lowest BCUT2D eigenvalue weighted by Gasteiger charge is -2.52. The predicted octanol–water partition coefficient (Wildman–Crippen LogP) is 3.11. The molecule has 0 bridgehead atoms. The van der Waals surface area contributed by atoms with Crippen molar-refractivity contribution in [1.82, 2.24) is 4.90 Å². The first kappa shape index (κ1) is 14.7. The van der Waals surface area contributed by atoms with Crippen LogP contribution in [-0.2, 0) is 0 Å². The lowest BCUT2D eigenvalue weighted by Crippen LogP contribution is -2.62. The summed E-state index contributed by atoms with van der Waals surface area (Å²) >= 11 is 2.11. The molecule has 106 valence electrons. The summed E-state index contributed by atoms with van der Waals surface area (Å²) in [5.41, 5.74) is 6.95. The van der Waals surface area contributed by atoms with Gasteiger partial charge in [0.2, 0.25) is 0 Å². The van der Waals surface area contributed by atoms with E-state index < -0.39 is 0 Å². The summed E-state index contributed by atoms with van der Waals surface area (Å²) in [5.74, 6) is 2.52. The van der Waals surface area contributed by atoms with E-state index in [0.29, 0.717) is 5.41 Å². The van der Waals surface area contributed by atoms with Crippen molar-refractivity contribution in [3.8, 4) is 0 Å². The van der Waals surface area contributed by atoms with Crippen LogP contribution in [0.5, 0.6) is 0 Å². The second-order valence-electron chi connectivity index (χ2n) is 6.99. The van der Waals surface area contributed by atoms with Crippen LogP contribution in [0.3, 0.4) is 0 Å². The second-order valence-corrected chi connectivity index (χ2v) is 7.97. The molecule has 1 atom stereocenters. The van der Waals surface area contributed by atoms with Gasteiger partial charge in [0.25, 0.3) is 0 Å². The molecule has 2 N–H and O–H groups in total. The van der Waals surface area contributed by atoms with Crippen LogP contribution in [0.2, 0.25) is 0 Å². The quantitative estimate of drug-likeness (QED) is 0.851. The highest BCUT2D eigenvalue weighted by Gasteiger charge is 2.45. The number of hydrogen-bond acceptors (Lipinski definition) is 3. The third-order valence-electron chi connectivity index (χ3n) is 4.77. The third-order valence-corrected chi connectivity index (χ3v) is 6.49. The fraction of sp³-hybridized carbons (Fsp3) is 1.00. The molecular formula is C15H30N2S. The molecule has 1 heterocycles. The molecule has 1 aliphatic carbocycles. The largest absolute Gasteiger partial charge is 0.329 e. The fourth-order valence-electron chi connectivity index (χ4n) is 4.14. The molecule has 1 saturated heterocycles. The minimum absolute atomic E-state index is 0.260. The average Bonchev–Trinajstić information content (AvgIpc) is 2.82. The Balaban J connectivity index is 2.17. The summed E-state index contributed by atoms with van der Waals surface area (Å²) < 4.78 is 0. The van der Waals surface area contributed by atoms with Crippen molar-refractivity contribution >= 4 is 11.8 Å². The maximum Gasteiger partial charge on any atom is 0.0430 e. The van der Waals surface area contributed by atoms with Gasteiger partial charge >= 0.3 is 0 Å².